The van der Waals surface area contributed by atoms with Gasteiger partial charge in [-0.1, -0.05) is 43.2 Å². The Hall–Kier alpha value is -2.17. The van der Waals surface area contributed by atoms with Crippen molar-refractivity contribution in [3.8, 4) is 0 Å². The van der Waals surface area contributed by atoms with Crippen molar-refractivity contribution >= 4 is 17.7 Å². The molecule has 0 spiro atoms. The predicted octanol–water partition coefficient (Wildman–Crippen LogP) is 2.02. The summed E-state index contributed by atoms with van der Waals surface area (Å²) < 4.78 is 0. The number of carbonyl (C=O) groups is 3. The van der Waals surface area contributed by atoms with Gasteiger partial charge in [0.2, 0.25) is 5.91 Å². The molecule has 0 radical (unpaired) electrons. The molecule has 0 aromatic heterocycles. The second-order valence-corrected chi connectivity index (χ2v) is 5.43. The highest BCUT2D eigenvalue weighted by Gasteiger charge is 2.30. The van der Waals surface area contributed by atoms with Crippen LogP contribution in [0.2, 0.25) is 0 Å². The lowest BCUT2D eigenvalue weighted by Crippen LogP contribution is -2.41. The molecule has 0 bridgehead atoms. The average molecular weight is 289 g/mol. The van der Waals surface area contributed by atoms with Gasteiger partial charge in [0, 0.05) is 18.4 Å². The molecule has 0 saturated heterocycles. The van der Waals surface area contributed by atoms with Crippen LogP contribution in [0.3, 0.4) is 0 Å². The zero-order valence-electron chi connectivity index (χ0n) is 11.7. The number of ketones is 1. The molecule has 1 fully saturated rings. The maximum Gasteiger partial charge on any atom is 0.326 e. The molecule has 5 heteroatoms. The van der Waals surface area contributed by atoms with Gasteiger partial charge in [0.05, 0.1) is 0 Å². The molecule has 1 aromatic rings. The number of hydrogen-bond donors (Lipinski definition) is 2. The van der Waals surface area contributed by atoms with Gasteiger partial charge >= 0.3 is 5.97 Å². The molecule has 1 aromatic carbocycles. The number of benzene rings is 1. The van der Waals surface area contributed by atoms with Crippen molar-refractivity contribution in [1.29, 1.82) is 0 Å². The number of Topliss-reactive ketones (excluding diaryl/α,β-unsaturated/α-hetero) is 1. The highest BCUT2D eigenvalue weighted by atomic mass is 16.4. The van der Waals surface area contributed by atoms with Gasteiger partial charge in [-0.15, -0.1) is 0 Å². The summed E-state index contributed by atoms with van der Waals surface area (Å²) in [5.74, 6) is -1.09. The molecule has 112 valence electrons. The second-order valence-electron chi connectivity index (χ2n) is 5.43. The van der Waals surface area contributed by atoms with Crippen LogP contribution in [0.1, 0.15) is 42.5 Å². The number of hydrogen-bond acceptors (Lipinski definition) is 3. The maximum atomic E-state index is 11.9. The molecule has 5 nitrogen and oxygen atoms in total. The number of amides is 1. The Morgan fingerprint density at radius 2 is 1.81 bits per heavy atom. The third-order valence-corrected chi connectivity index (χ3v) is 3.57. The molecule has 1 aliphatic carbocycles. The van der Waals surface area contributed by atoms with E-state index in [2.05, 4.69) is 5.32 Å². The largest absolute Gasteiger partial charge is 0.480 e. The summed E-state index contributed by atoms with van der Waals surface area (Å²) >= 11 is 0. The minimum absolute atomic E-state index is 0.0160. The van der Waals surface area contributed by atoms with Gasteiger partial charge < -0.3 is 10.4 Å². The number of carboxylic acid groups (broad SMARTS) is 1. The van der Waals surface area contributed by atoms with Crippen molar-refractivity contribution in [2.24, 2.45) is 5.92 Å². The van der Waals surface area contributed by atoms with Gasteiger partial charge in [-0.05, 0) is 12.3 Å². The SMILES string of the molecule is O=C(CCC(=O)c1ccccc1)NC(CC1CC1)C(=O)O. The highest BCUT2D eigenvalue weighted by Crippen LogP contribution is 2.33. The predicted molar refractivity (Wildman–Crippen MR) is 76.9 cm³/mol. The summed E-state index contributed by atoms with van der Waals surface area (Å²) in [7, 11) is 0. The first-order valence-electron chi connectivity index (χ1n) is 7.16. The molecule has 1 atom stereocenters. The number of carbonyl (C=O) groups excluding carboxylic acids is 2. The summed E-state index contributed by atoms with van der Waals surface area (Å²) in [6.45, 7) is 0. The molecule has 0 aliphatic heterocycles. The first kappa shape index (κ1) is 15.2. The van der Waals surface area contributed by atoms with Crippen LogP contribution in [0.5, 0.6) is 0 Å². The standard InChI is InChI=1S/C16H19NO4/c18-14(12-4-2-1-3-5-12)8-9-15(19)17-13(16(20)21)10-11-6-7-11/h1-5,11,13H,6-10H2,(H,17,19)(H,20,21). The van der Waals surface area contributed by atoms with Crippen molar-refractivity contribution in [2.45, 2.75) is 38.1 Å². The molecule has 1 saturated carbocycles. The van der Waals surface area contributed by atoms with Crippen molar-refractivity contribution in [3.05, 3.63) is 35.9 Å². The molecule has 1 amide bonds. The van der Waals surface area contributed by atoms with Crippen molar-refractivity contribution < 1.29 is 19.5 Å². The van der Waals surface area contributed by atoms with E-state index in [1.54, 1.807) is 24.3 Å². The van der Waals surface area contributed by atoms with Crippen LogP contribution in [0.4, 0.5) is 0 Å². The summed E-state index contributed by atoms with van der Waals surface area (Å²) in [5.41, 5.74) is 0.568. The first-order chi connectivity index (χ1) is 10.1. The average Bonchev–Trinajstić information content (AvgIpc) is 3.29. The van der Waals surface area contributed by atoms with Gasteiger partial charge in [0.15, 0.2) is 5.78 Å². The van der Waals surface area contributed by atoms with Crippen molar-refractivity contribution in [2.75, 3.05) is 0 Å². The van der Waals surface area contributed by atoms with Crippen LogP contribution in [-0.4, -0.2) is 28.8 Å². The number of nitrogens with one attached hydrogen (secondary N) is 1. The molecule has 1 unspecified atom stereocenters. The molecule has 21 heavy (non-hydrogen) atoms. The van der Waals surface area contributed by atoms with E-state index in [0.717, 1.165) is 12.8 Å². The zero-order valence-corrected chi connectivity index (χ0v) is 11.7. The second kappa shape index (κ2) is 7.02. The molecule has 2 N–H and O–H groups in total. The maximum absolute atomic E-state index is 11.9. The van der Waals surface area contributed by atoms with Crippen LogP contribution >= 0.6 is 0 Å². The van der Waals surface area contributed by atoms with Crippen LogP contribution in [0, 0.1) is 5.92 Å². The van der Waals surface area contributed by atoms with Crippen LogP contribution in [-0.2, 0) is 9.59 Å². The van der Waals surface area contributed by atoms with Gasteiger partial charge in [0.25, 0.3) is 0 Å². The Labute approximate surface area is 123 Å². The Balaban J connectivity index is 1.78. The summed E-state index contributed by atoms with van der Waals surface area (Å²) in [6, 6.07) is 7.92. The van der Waals surface area contributed by atoms with E-state index in [1.165, 1.54) is 0 Å². The topological polar surface area (TPSA) is 83.5 Å². The van der Waals surface area contributed by atoms with Gasteiger partial charge in [-0.3, -0.25) is 9.59 Å². The smallest absolute Gasteiger partial charge is 0.326 e. The van der Waals surface area contributed by atoms with E-state index in [0.29, 0.717) is 17.9 Å². The van der Waals surface area contributed by atoms with Crippen LogP contribution in [0.25, 0.3) is 0 Å². The lowest BCUT2D eigenvalue weighted by Gasteiger charge is -2.13. The number of aliphatic carboxylic acids is 1. The molecule has 1 aliphatic rings. The van der Waals surface area contributed by atoms with Crippen molar-refractivity contribution in [1.82, 2.24) is 5.32 Å². The molecular weight excluding hydrogens is 270 g/mol. The fraction of sp³-hybridized carbons (Fsp3) is 0.438. The van der Waals surface area contributed by atoms with Gasteiger partial charge in [-0.2, -0.15) is 0 Å². The van der Waals surface area contributed by atoms with Gasteiger partial charge in [-0.25, -0.2) is 4.79 Å². The zero-order chi connectivity index (χ0) is 15.2. The van der Waals surface area contributed by atoms with Crippen LogP contribution in [0.15, 0.2) is 30.3 Å². The number of carboxylic acids is 1. The molecule has 0 heterocycles. The van der Waals surface area contributed by atoms with E-state index in [1.807, 2.05) is 6.07 Å². The van der Waals surface area contributed by atoms with E-state index in [9.17, 15) is 14.4 Å². The third-order valence-electron chi connectivity index (χ3n) is 3.57. The normalized spacial score (nSPS) is 15.2. The Bertz CT molecular complexity index is 522. The summed E-state index contributed by atoms with van der Waals surface area (Å²) in [6.07, 6.45) is 2.65. The molecular formula is C16H19NO4. The van der Waals surface area contributed by atoms with E-state index in [-0.39, 0.29) is 24.5 Å². The van der Waals surface area contributed by atoms with Crippen molar-refractivity contribution in [3.63, 3.8) is 0 Å². The van der Waals surface area contributed by atoms with E-state index < -0.39 is 12.0 Å². The fourth-order valence-electron chi connectivity index (χ4n) is 2.17. The Morgan fingerprint density at radius 3 is 2.38 bits per heavy atom. The fourth-order valence-corrected chi connectivity index (χ4v) is 2.17. The molecule has 2 rings (SSSR count). The highest BCUT2D eigenvalue weighted by molar-refractivity contribution is 5.98. The van der Waals surface area contributed by atoms with E-state index in [4.69, 9.17) is 5.11 Å². The minimum atomic E-state index is -1.01. The summed E-state index contributed by atoms with van der Waals surface area (Å²) in [4.78, 5) is 34.7. The quantitative estimate of drug-likeness (QED) is 0.717. The third kappa shape index (κ3) is 5.02. The lowest BCUT2D eigenvalue weighted by molar-refractivity contribution is -0.142. The number of rotatable bonds is 8. The monoisotopic (exact) mass is 289 g/mol. The summed E-state index contributed by atoms with van der Waals surface area (Å²) in [5, 5.41) is 11.6. The van der Waals surface area contributed by atoms with Crippen LogP contribution < -0.4 is 5.32 Å². The van der Waals surface area contributed by atoms with E-state index >= 15 is 0 Å². The Kier molecular flexibility index (Phi) is 5.09. The first-order valence-corrected chi connectivity index (χ1v) is 7.16. The Morgan fingerprint density at radius 1 is 1.14 bits per heavy atom. The van der Waals surface area contributed by atoms with Gasteiger partial charge in [0.1, 0.15) is 6.04 Å². The minimum Gasteiger partial charge on any atom is -0.480 e. The lowest BCUT2D eigenvalue weighted by atomic mass is 10.1.